The Bertz CT molecular complexity index is 495. The van der Waals surface area contributed by atoms with E-state index in [0.717, 1.165) is 25.2 Å². The van der Waals surface area contributed by atoms with E-state index in [0.29, 0.717) is 17.7 Å². The first-order valence-corrected chi connectivity index (χ1v) is 8.58. The fourth-order valence-electron chi connectivity index (χ4n) is 3.25. The van der Waals surface area contributed by atoms with E-state index in [9.17, 15) is 4.79 Å². The van der Waals surface area contributed by atoms with E-state index in [1.54, 1.807) is 4.68 Å². The molecule has 0 spiro atoms. The molecule has 5 heteroatoms. The van der Waals surface area contributed by atoms with Crippen molar-refractivity contribution in [3.05, 3.63) is 17.5 Å². The monoisotopic (exact) mass is 306 g/mol. The number of hydrogen-bond donors (Lipinski definition) is 1. The molecule has 0 saturated carbocycles. The van der Waals surface area contributed by atoms with Crippen LogP contribution in [0.15, 0.2) is 6.07 Å². The fourth-order valence-corrected chi connectivity index (χ4v) is 3.25. The molecule has 1 saturated heterocycles. The molecule has 0 bridgehead atoms. The molecule has 0 unspecified atom stereocenters. The predicted molar refractivity (Wildman–Crippen MR) is 89.0 cm³/mol. The Balaban J connectivity index is 1.79. The minimum absolute atomic E-state index is 0.000949. The lowest BCUT2D eigenvalue weighted by molar-refractivity contribution is 0.0932. The normalized spacial score (nSPS) is 19.6. The van der Waals surface area contributed by atoms with Crippen molar-refractivity contribution < 1.29 is 4.79 Å². The average molecular weight is 306 g/mol. The van der Waals surface area contributed by atoms with Crippen LogP contribution in [0.2, 0.25) is 0 Å². The number of likely N-dealkylation sites (tertiary alicyclic amines) is 1. The van der Waals surface area contributed by atoms with Crippen molar-refractivity contribution in [3.63, 3.8) is 0 Å². The van der Waals surface area contributed by atoms with Crippen molar-refractivity contribution in [1.82, 2.24) is 20.0 Å². The van der Waals surface area contributed by atoms with E-state index in [2.05, 4.69) is 29.2 Å². The molecule has 1 N–H and O–H groups in total. The highest BCUT2D eigenvalue weighted by Crippen LogP contribution is 2.20. The van der Waals surface area contributed by atoms with Crippen LogP contribution in [-0.2, 0) is 6.54 Å². The number of nitrogens with zero attached hydrogens (tertiary/aromatic N) is 3. The third kappa shape index (κ3) is 4.32. The zero-order valence-electron chi connectivity index (χ0n) is 14.4. The van der Waals surface area contributed by atoms with E-state index >= 15 is 0 Å². The third-order valence-corrected chi connectivity index (χ3v) is 4.55. The molecule has 2 heterocycles. The number of carbonyl (C=O) groups excluding carboxylic acids is 1. The van der Waals surface area contributed by atoms with Gasteiger partial charge in [-0.15, -0.1) is 0 Å². The van der Waals surface area contributed by atoms with Crippen LogP contribution in [0, 0.1) is 12.8 Å². The first kappa shape index (κ1) is 17.0. The van der Waals surface area contributed by atoms with Gasteiger partial charge in [0.1, 0.15) is 5.69 Å². The standard InChI is InChI=1S/C17H30N4O/c1-5-21-16(11-14(4)19-21)17(22)18-9-8-15-7-6-10-20(12-15)13(2)3/h11,13,15H,5-10,12H2,1-4H3,(H,18,22)/t15-/m0/s1. The first-order chi connectivity index (χ1) is 10.5. The summed E-state index contributed by atoms with van der Waals surface area (Å²) < 4.78 is 1.77. The van der Waals surface area contributed by atoms with Gasteiger partial charge in [0.25, 0.3) is 5.91 Å². The van der Waals surface area contributed by atoms with Crippen LogP contribution in [0.3, 0.4) is 0 Å². The number of aryl methyl sites for hydroxylation is 2. The summed E-state index contributed by atoms with van der Waals surface area (Å²) in [6.07, 6.45) is 3.62. The van der Waals surface area contributed by atoms with Gasteiger partial charge in [-0.3, -0.25) is 9.48 Å². The van der Waals surface area contributed by atoms with Crippen LogP contribution in [0.5, 0.6) is 0 Å². The lowest BCUT2D eigenvalue weighted by atomic mass is 9.94. The molecule has 1 aliphatic heterocycles. The number of rotatable bonds is 6. The Morgan fingerprint density at radius 1 is 1.50 bits per heavy atom. The Morgan fingerprint density at radius 2 is 2.27 bits per heavy atom. The van der Waals surface area contributed by atoms with Crippen LogP contribution in [0.1, 0.15) is 56.2 Å². The fraction of sp³-hybridized carbons (Fsp3) is 0.765. The maximum absolute atomic E-state index is 12.3. The average Bonchev–Trinajstić information content (AvgIpc) is 2.88. The Labute approximate surface area is 134 Å². The maximum atomic E-state index is 12.3. The molecule has 0 aromatic carbocycles. The summed E-state index contributed by atoms with van der Waals surface area (Å²) in [4.78, 5) is 14.8. The number of carbonyl (C=O) groups is 1. The van der Waals surface area contributed by atoms with Gasteiger partial charge < -0.3 is 10.2 Å². The van der Waals surface area contributed by atoms with Gasteiger partial charge in [0.15, 0.2) is 0 Å². The van der Waals surface area contributed by atoms with Crippen molar-refractivity contribution >= 4 is 5.91 Å². The van der Waals surface area contributed by atoms with Gasteiger partial charge in [-0.05, 0) is 65.5 Å². The van der Waals surface area contributed by atoms with E-state index in [1.165, 1.54) is 25.9 Å². The lowest BCUT2D eigenvalue weighted by Crippen LogP contribution is -2.41. The zero-order valence-corrected chi connectivity index (χ0v) is 14.4. The second kappa shape index (κ2) is 7.77. The number of amides is 1. The molecule has 1 atom stereocenters. The summed E-state index contributed by atoms with van der Waals surface area (Å²) in [5, 5.41) is 7.39. The minimum Gasteiger partial charge on any atom is -0.351 e. The first-order valence-electron chi connectivity index (χ1n) is 8.58. The Morgan fingerprint density at radius 3 is 2.95 bits per heavy atom. The molecule has 1 amide bonds. The number of aromatic nitrogens is 2. The molecule has 0 radical (unpaired) electrons. The highest BCUT2D eigenvalue weighted by atomic mass is 16.2. The van der Waals surface area contributed by atoms with Gasteiger partial charge >= 0.3 is 0 Å². The third-order valence-electron chi connectivity index (χ3n) is 4.55. The van der Waals surface area contributed by atoms with Crippen molar-refractivity contribution in [2.45, 2.75) is 59.5 Å². The van der Waals surface area contributed by atoms with E-state index < -0.39 is 0 Å². The summed E-state index contributed by atoms with van der Waals surface area (Å²) in [5.74, 6) is 0.702. The maximum Gasteiger partial charge on any atom is 0.269 e. The molecule has 0 aliphatic carbocycles. The van der Waals surface area contributed by atoms with Gasteiger partial charge in [-0.2, -0.15) is 5.10 Å². The van der Waals surface area contributed by atoms with Gasteiger partial charge in [-0.1, -0.05) is 0 Å². The van der Waals surface area contributed by atoms with Gasteiger partial charge in [0.05, 0.1) is 5.69 Å². The highest BCUT2D eigenvalue weighted by Gasteiger charge is 2.21. The van der Waals surface area contributed by atoms with E-state index in [4.69, 9.17) is 0 Å². The van der Waals surface area contributed by atoms with Crippen LogP contribution in [0.4, 0.5) is 0 Å². The molecular formula is C17H30N4O. The summed E-state index contributed by atoms with van der Waals surface area (Å²) in [5.41, 5.74) is 1.57. The second-order valence-electron chi connectivity index (χ2n) is 6.63. The Kier molecular flexibility index (Phi) is 6.00. The molecular weight excluding hydrogens is 276 g/mol. The minimum atomic E-state index is -0.000949. The quantitative estimate of drug-likeness (QED) is 0.878. The van der Waals surface area contributed by atoms with Crippen molar-refractivity contribution in [3.8, 4) is 0 Å². The molecule has 22 heavy (non-hydrogen) atoms. The largest absolute Gasteiger partial charge is 0.351 e. The van der Waals surface area contributed by atoms with Crippen LogP contribution in [-0.4, -0.2) is 46.3 Å². The summed E-state index contributed by atoms with van der Waals surface area (Å²) in [7, 11) is 0. The zero-order chi connectivity index (χ0) is 16.1. The smallest absolute Gasteiger partial charge is 0.269 e. The summed E-state index contributed by atoms with van der Waals surface area (Å²) in [6, 6.07) is 2.49. The van der Waals surface area contributed by atoms with Crippen LogP contribution in [0.25, 0.3) is 0 Å². The molecule has 1 fully saturated rings. The second-order valence-corrected chi connectivity index (χ2v) is 6.63. The molecule has 5 nitrogen and oxygen atoms in total. The molecule has 2 rings (SSSR count). The van der Waals surface area contributed by atoms with Crippen molar-refractivity contribution in [2.24, 2.45) is 5.92 Å². The number of nitrogens with one attached hydrogen (secondary N) is 1. The molecule has 1 aliphatic rings. The van der Waals surface area contributed by atoms with Crippen molar-refractivity contribution in [1.29, 1.82) is 0 Å². The van der Waals surface area contributed by atoms with Gasteiger partial charge in [-0.25, -0.2) is 0 Å². The summed E-state index contributed by atoms with van der Waals surface area (Å²) in [6.45, 7) is 12.3. The van der Waals surface area contributed by atoms with Crippen LogP contribution >= 0.6 is 0 Å². The predicted octanol–water partition coefficient (Wildman–Crippen LogP) is 2.45. The van der Waals surface area contributed by atoms with E-state index in [1.807, 2.05) is 19.9 Å². The highest BCUT2D eigenvalue weighted by molar-refractivity contribution is 5.92. The molecule has 124 valence electrons. The van der Waals surface area contributed by atoms with Crippen molar-refractivity contribution in [2.75, 3.05) is 19.6 Å². The number of hydrogen-bond acceptors (Lipinski definition) is 3. The Hall–Kier alpha value is -1.36. The molecule has 1 aromatic heterocycles. The topological polar surface area (TPSA) is 50.2 Å². The number of piperidine rings is 1. The SMILES string of the molecule is CCn1nc(C)cc1C(=O)NCC[C@@H]1CCCN(C(C)C)C1. The summed E-state index contributed by atoms with van der Waals surface area (Å²) >= 11 is 0. The van der Waals surface area contributed by atoms with Gasteiger partial charge in [0.2, 0.25) is 0 Å². The van der Waals surface area contributed by atoms with Gasteiger partial charge in [0, 0.05) is 25.7 Å². The molecule has 1 aromatic rings. The van der Waals surface area contributed by atoms with Crippen LogP contribution < -0.4 is 5.32 Å². The lowest BCUT2D eigenvalue weighted by Gasteiger charge is -2.35. The van der Waals surface area contributed by atoms with E-state index in [-0.39, 0.29) is 5.91 Å².